The fourth-order valence-electron chi connectivity index (χ4n) is 0.207. The molecule has 0 aliphatic carbocycles. The predicted octanol–water partition coefficient (Wildman–Crippen LogP) is 2.87. The van der Waals surface area contributed by atoms with Gasteiger partial charge in [-0.2, -0.15) is 0 Å². The Morgan fingerprint density at radius 3 is 2.14 bits per heavy atom. The van der Waals surface area contributed by atoms with E-state index in [0.717, 1.165) is 6.42 Å². The van der Waals surface area contributed by atoms with E-state index >= 15 is 0 Å². The molecule has 0 heterocycles. The number of rotatable bonds is 2. The van der Waals surface area contributed by atoms with E-state index in [9.17, 15) is 0 Å². The fourth-order valence-corrected chi connectivity index (χ4v) is 0.581. The molecule has 7 heavy (non-hydrogen) atoms. The number of halogens is 2. The van der Waals surface area contributed by atoms with Gasteiger partial charge in [0.2, 0.25) is 0 Å². The molecule has 0 aromatic heterocycles. The third kappa shape index (κ3) is 6.70. The van der Waals surface area contributed by atoms with Crippen molar-refractivity contribution in [1.82, 2.24) is 0 Å². The van der Waals surface area contributed by atoms with Gasteiger partial charge in [0.1, 0.15) is 0 Å². The van der Waals surface area contributed by atoms with Gasteiger partial charge >= 0.3 is 0 Å². The molecule has 0 unspecified atom stereocenters. The zero-order chi connectivity index (χ0) is 5.91. The summed E-state index contributed by atoms with van der Waals surface area (Å²) in [6.07, 6.45) is 2.44. The first-order chi connectivity index (χ1) is 3.06. The number of allylic oxidation sites excluding steroid dienone is 1. The molecule has 0 saturated carbocycles. The van der Waals surface area contributed by atoms with Crippen LogP contribution in [0.2, 0.25) is 0 Å². The van der Waals surface area contributed by atoms with Crippen molar-refractivity contribution >= 4 is 31.9 Å². The van der Waals surface area contributed by atoms with Gasteiger partial charge in [0.05, 0.1) is 3.23 Å². The van der Waals surface area contributed by atoms with Gasteiger partial charge in [-0.1, -0.05) is 44.5 Å². The third-order valence-electron chi connectivity index (χ3n) is 0.476. The SMILES string of the molecule is [CH]=CCC(C)(Br)Br. The Hall–Kier alpha value is 0.700. The highest BCUT2D eigenvalue weighted by Crippen LogP contribution is 2.28. The van der Waals surface area contributed by atoms with E-state index in [1.165, 1.54) is 0 Å². The minimum atomic E-state index is -0.00521. The van der Waals surface area contributed by atoms with Gasteiger partial charge in [0, 0.05) is 0 Å². The molecule has 0 aromatic carbocycles. The molecule has 41 valence electrons. The summed E-state index contributed by atoms with van der Waals surface area (Å²) in [7, 11) is 0. The van der Waals surface area contributed by atoms with Crippen LogP contribution in [0.15, 0.2) is 6.08 Å². The molecule has 0 amide bonds. The first kappa shape index (κ1) is 7.70. The van der Waals surface area contributed by atoms with Gasteiger partial charge in [-0.15, -0.1) is 0 Å². The maximum absolute atomic E-state index is 5.13. The van der Waals surface area contributed by atoms with Crippen molar-refractivity contribution in [3.8, 4) is 0 Å². The first-order valence-corrected chi connectivity index (χ1v) is 3.56. The van der Waals surface area contributed by atoms with E-state index in [0.29, 0.717) is 0 Å². The molecule has 1 radical (unpaired) electrons. The zero-order valence-corrected chi connectivity index (χ0v) is 7.29. The summed E-state index contributed by atoms with van der Waals surface area (Å²) in [5, 5.41) is 0. The molecule has 0 aliphatic rings. The van der Waals surface area contributed by atoms with Crippen LogP contribution >= 0.6 is 31.9 Å². The Bertz CT molecular complexity index is 61.0. The topological polar surface area (TPSA) is 0 Å². The number of alkyl halides is 2. The molecule has 0 spiro atoms. The van der Waals surface area contributed by atoms with Crippen molar-refractivity contribution in [2.45, 2.75) is 16.6 Å². The number of hydrogen-bond acceptors (Lipinski definition) is 0. The molecule has 0 aliphatic heterocycles. The van der Waals surface area contributed by atoms with Crippen LogP contribution in [0.25, 0.3) is 0 Å². The van der Waals surface area contributed by atoms with Crippen molar-refractivity contribution in [2.24, 2.45) is 0 Å². The second-order valence-electron chi connectivity index (χ2n) is 1.51. The molecular weight excluding hydrogens is 220 g/mol. The second-order valence-corrected chi connectivity index (χ2v) is 6.07. The highest BCUT2D eigenvalue weighted by Gasteiger charge is 2.10. The lowest BCUT2D eigenvalue weighted by Gasteiger charge is -2.08. The third-order valence-corrected chi connectivity index (χ3v) is 1.12. The van der Waals surface area contributed by atoms with Crippen LogP contribution in [0, 0.1) is 6.58 Å². The molecule has 0 atom stereocenters. The molecule has 0 aromatic rings. The van der Waals surface area contributed by atoms with Crippen molar-refractivity contribution in [1.29, 1.82) is 0 Å². The van der Waals surface area contributed by atoms with Crippen LogP contribution in [0.3, 0.4) is 0 Å². The first-order valence-electron chi connectivity index (χ1n) is 1.97. The number of hydrogen-bond donors (Lipinski definition) is 0. The standard InChI is InChI=1S/C5H7Br2/c1-3-4-5(2,6)7/h1,3H,4H2,2H3. The zero-order valence-electron chi connectivity index (χ0n) is 4.12. The normalized spacial score (nSPS) is 11.3. The molecule has 0 rings (SSSR count). The molecule has 0 nitrogen and oxygen atoms in total. The smallest absolute Gasteiger partial charge is 0.0812 e. The highest BCUT2D eigenvalue weighted by molar-refractivity contribution is 9.25. The molecule has 0 bridgehead atoms. The van der Waals surface area contributed by atoms with Crippen molar-refractivity contribution in [3.63, 3.8) is 0 Å². The lowest BCUT2D eigenvalue weighted by molar-refractivity contribution is 0.950. The maximum atomic E-state index is 5.13. The van der Waals surface area contributed by atoms with Crippen molar-refractivity contribution < 1.29 is 0 Å². The van der Waals surface area contributed by atoms with Crippen molar-refractivity contribution in [3.05, 3.63) is 12.7 Å². The van der Waals surface area contributed by atoms with Gasteiger partial charge in [0.15, 0.2) is 0 Å². The van der Waals surface area contributed by atoms with Crippen LogP contribution in [-0.4, -0.2) is 3.23 Å². The van der Waals surface area contributed by atoms with E-state index in [4.69, 9.17) is 6.58 Å². The summed E-state index contributed by atoms with van der Waals surface area (Å²) in [6, 6.07) is 0. The monoisotopic (exact) mass is 225 g/mol. The average molecular weight is 227 g/mol. The van der Waals surface area contributed by atoms with Crippen LogP contribution in [-0.2, 0) is 0 Å². The van der Waals surface area contributed by atoms with Crippen LogP contribution in [0.1, 0.15) is 13.3 Å². The molecular formula is C5H7Br2. The Morgan fingerprint density at radius 1 is 1.71 bits per heavy atom. The van der Waals surface area contributed by atoms with Crippen LogP contribution in [0.4, 0.5) is 0 Å². The minimum Gasteiger partial charge on any atom is -0.0823 e. The van der Waals surface area contributed by atoms with E-state index in [-0.39, 0.29) is 3.23 Å². The van der Waals surface area contributed by atoms with E-state index in [2.05, 4.69) is 31.9 Å². The lowest BCUT2D eigenvalue weighted by Crippen LogP contribution is -1.99. The minimum absolute atomic E-state index is 0.00521. The predicted molar refractivity (Wildman–Crippen MR) is 39.7 cm³/mol. The summed E-state index contributed by atoms with van der Waals surface area (Å²) in [4.78, 5) is 0. The molecule has 2 heteroatoms. The fraction of sp³-hybridized carbons (Fsp3) is 0.600. The van der Waals surface area contributed by atoms with Gasteiger partial charge in [0.25, 0.3) is 0 Å². The Morgan fingerprint density at radius 2 is 2.14 bits per heavy atom. The Kier molecular flexibility index (Phi) is 3.16. The summed E-state index contributed by atoms with van der Waals surface area (Å²) in [5.41, 5.74) is 0. The summed E-state index contributed by atoms with van der Waals surface area (Å²) < 4.78 is -0.00521. The summed E-state index contributed by atoms with van der Waals surface area (Å²) in [6.45, 7) is 7.13. The maximum Gasteiger partial charge on any atom is 0.0812 e. The summed E-state index contributed by atoms with van der Waals surface area (Å²) in [5.74, 6) is 0. The lowest BCUT2D eigenvalue weighted by atomic mass is 10.3. The highest BCUT2D eigenvalue weighted by atomic mass is 79.9. The van der Waals surface area contributed by atoms with E-state index in [1.807, 2.05) is 6.92 Å². The largest absolute Gasteiger partial charge is 0.0823 e. The van der Waals surface area contributed by atoms with Gasteiger partial charge < -0.3 is 0 Å². The van der Waals surface area contributed by atoms with Crippen LogP contribution < -0.4 is 0 Å². The molecule has 0 N–H and O–H groups in total. The molecule has 0 saturated heterocycles. The van der Waals surface area contributed by atoms with Crippen molar-refractivity contribution in [2.75, 3.05) is 0 Å². The second kappa shape index (κ2) is 2.88. The Balaban J connectivity index is 3.34. The Labute approximate surface area is 61.2 Å². The van der Waals surface area contributed by atoms with Gasteiger partial charge in [-0.05, 0) is 13.3 Å². The van der Waals surface area contributed by atoms with Crippen LogP contribution in [0.5, 0.6) is 0 Å². The van der Waals surface area contributed by atoms with Gasteiger partial charge in [-0.25, -0.2) is 0 Å². The van der Waals surface area contributed by atoms with Gasteiger partial charge in [-0.3, -0.25) is 0 Å². The average Bonchev–Trinajstić information content (AvgIpc) is 1.30. The van der Waals surface area contributed by atoms with E-state index < -0.39 is 0 Å². The quantitative estimate of drug-likeness (QED) is 0.636. The van der Waals surface area contributed by atoms with E-state index in [1.54, 1.807) is 6.08 Å². The summed E-state index contributed by atoms with van der Waals surface area (Å²) >= 11 is 6.69. The molecule has 0 fully saturated rings.